The summed E-state index contributed by atoms with van der Waals surface area (Å²) in [7, 11) is 0. The van der Waals surface area contributed by atoms with E-state index in [9.17, 15) is 5.11 Å². The lowest BCUT2D eigenvalue weighted by molar-refractivity contribution is 0.425. The molecule has 1 atom stereocenters. The number of aromatic hydroxyl groups is 1. The smallest absolute Gasteiger partial charge is 0.119 e. The van der Waals surface area contributed by atoms with Gasteiger partial charge in [-0.25, -0.2) is 0 Å². The third-order valence-corrected chi connectivity index (χ3v) is 2.48. The van der Waals surface area contributed by atoms with Gasteiger partial charge >= 0.3 is 0 Å². The number of alkyl halides is 1. The Hall–Kier alpha value is -0.730. The van der Waals surface area contributed by atoms with Gasteiger partial charge in [0.25, 0.3) is 0 Å². The first kappa shape index (κ1) is 16.3. The number of phenolic OH excluding ortho intramolecular Hbond substituents is 1. The van der Waals surface area contributed by atoms with E-state index < -0.39 is 0 Å². The monoisotopic (exact) mass is 258 g/mol. The van der Waals surface area contributed by atoms with E-state index in [1.807, 2.05) is 32.0 Å². The zero-order chi connectivity index (χ0) is 13.3. The molecule has 1 aliphatic heterocycles. The van der Waals surface area contributed by atoms with E-state index in [1.165, 1.54) is 0 Å². The molecular formula is C14H23ClO2. The van der Waals surface area contributed by atoms with Crippen molar-refractivity contribution in [1.82, 2.24) is 0 Å². The van der Waals surface area contributed by atoms with Crippen LogP contribution in [-0.4, -0.2) is 23.7 Å². The minimum Gasteiger partial charge on any atom is -0.508 e. The van der Waals surface area contributed by atoms with Crippen LogP contribution < -0.4 is 0 Å². The van der Waals surface area contributed by atoms with E-state index in [1.54, 1.807) is 6.07 Å². The molecular weight excluding hydrogens is 236 g/mol. The van der Waals surface area contributed by atoms with Gasteiger partial charge in [0.15, 0.2) is 0 Å². The summed E-state index contributed by atoms with van der Waals surface area (Å²) in [6.07, 6.45) is 0.400. The van der Waals surface area contributed by atoms with Crippen LogP contribution in [0.1, 0.15) is 39.2 Å². The van der Waals surface area contributed by atoms with Crippen molar-refractivity contribution < 1.29 is 9.84 Å². The number of benzene rings is 1. The molecule has 0 radical (unpaired) electrons. The highest BCUT2D eigenvalue weighted by Gasteiger charge is 2.19. The average molecular weight is 259 g/mol. The van der Waals surface area contributed by atoms with E-state index >= 15 is 0 Å². The van der Waals surface area contributed by atoms with Crippen molar-refractivity contribution in [3.05, 3.63) is 29.8 Å². The predicted octanol–water partition coefficient (Wildman–Crippen LogP) is 4.17. The standard InChI is InChI=1S/C9H12O.C3H5ClO.C2H6/c1-7(2)8-5-3-4-6-9(8)10;4-1-3-2-5-3;1-2/h3-7,10H,1-2H3;3H,1-2H2;1-2H3. The molecule has 1 unspecified atom stereocenters. The lowest BCUT2D eigenvalue weighted by Crippen LogP contribution is -1.85. The molecule has 1 aromatic rings. The Morgan fingerprint density at radius 3 is 2.12 bits per heavy atom. The molecule has 1 aromatic carbocycles. The van der Waals surface area contributed by atoms with Gasteiger partial charge in [0.2, 0.25) is 0 Å². The molecule has 0 aliphatic carbocycles. The number of rotatable bonds is 2. The number of halogens is 1. The Kier molecular flexibility index (Phi) is 8.92. The topological polar surface area (TPSA) is 32.8 Å². The minimum absolute atomic E-state index is 0.400. The molecule has 0 saturated carbocycles. The summed E-state index contributed by atoms with van der Waals surface area (Å²) in [6.45, 7) is 9.01. The van der Waals surface area contributed by atoms with Gasteiger partial charge in [0.05, 0.1) is 18.6 Å². The second kappa shape index (κ2) is 9.32. The number of hydrogen-bond donors (Lipinski definition) is 1. The maximum absolute atomic E-state index is 9.28. The summed E-state index contributed by atoms with van der Waals surface area (Å²) in [6, 6.07) is 7.44. The molecule has 0 bridgehead atoms. The van der Waals surface area contributed by atoms with Gasteiger partial charge in [0, 0.05) is 0 Å². The van der Waals surface area contributed by atoms with E-state index in [0.29, 0.717) is 23.7 Å². The zero-order valence-corrected chi connectivity index (χ0v) is 11.9. The molecule has 1 aliphatic rings. The van der Waals surface area contributed by atoms with E-state index in [-0.39, 0.29) is 0 Å². The molecule has 1 N–H and O–H groups in total. The number of ether oxygens (including phenoxy) is 1. The van der Waals surface area contributed by atoms with Crippen molar-refractivity contribution in [2.75, 3.05) is 12.5 Å². The second-order valence-electron chi connectivity index (χ2n) is 3.82. The van der Waals surface area contributed by atoms with Gasteiger partial charge in [-0.15, -0.1) is 11.6 Å². The van der Waals surface area contributed by atoms with Gasteiger partial charge in [-0.05, 0) is 17.5 Å². The summed E-state index contributed by atoms with van der Waals surface area (Å²) in [5.74, 6) is 1.47. The molecule has 1 heterocycles. The van der Waals surface area contributed by atoms with Crippen molar-refractivity contribution >= 4 is 11.6 Å². The third kappa shape index (κ3) is 7.24. The summed E-state index contributed by atoms with van der Waals surface area (Å²) in [5.41, 5.74) is 1.02. The van der Waals surface area contributed by atoms with Crippen molar-refractivity contribution in [3.63, 3.8) is 0 Å². The quantitative estimate of drug-likeness (QED) is 0.638. The van der Waals surface area contributed by atoms with E-state index in [2.05, 4.69) is 13.8 Å². The lowest BCUT2D eigenvalue weighted by atomic mass is 10.0. The number of phenols is 1. The van der Waals surface area contributed by atoms with Crippen LogP contribution in [0.2, 0.25) is 0 Å². The van der Waals surface area contributed by atoms with Gasteiger partial charge in [0.1, 0.15) is 5.75 Å². The van der Waals surface area contributed by atoms with E-state index in [0.717, 1.165) is 12.2 Å². The van der Waals surface area contributed by atoms with Crippen molar-refractivity contribution in [3.8, 4) is 5.75 Å². The maximum atomic E-state index is 9.28. The first-order chi connectivity index (χ1) is 8.15. The highest BCUT2D eigenvalue weighted by molar-refractivity contribution is 6.18. The molecule has 2 rings (SSSR count). The molecule has 0 amide bonds. The average Bonchev–Trinajstić information content (AvgIpc) is 3.16. The Labute approximate surface area is 110 Å². The second-order valence-corrected chi connectivity index (χ2v) is 4.13. The first-order valence-corrected chi connectivity index (χ1v) is 6.64. The highest BCUT2D eigenvalue weighted by Crippen LogP contribution is 2.23. The molecule has 3 heteroatoms. The molecule has 0 aromatic heterocycles. The molecule has 0 spiro atoms. The van der Waals surface area contributed by atoms with Gasteiger partial charge < -0.3 is 9.84 Å². The maximum Gasteiger partial charge on any atom is 0.119 e. The number of epoxide rings is 1. The summed E-state index contributed by atoms with van der Waals surface area (Å²) in [5, 5.41) is 9.28. The summed E-state index contributed by atoms with van der Waals surface area (Å²) >= 11 is 5.27. The van der Waals surface area contributed by atoms with Crippen molar-refractivity contribution in [1.29, 1.82) is 0 Å². The van der Waals surface area contributed by atoms with Crippen LogP contribution in [0.15, 0.2) is 24.3 Å². The van der Waals surface area contributed by atoms with Crippen LogP contribution in [0.4, 0.5) is 0 Å². The highest BCUT2D eigenvalue weighted by atomic mass is 35.5. The van der Waals surface area contributed by atoms with Crippen LogP contribution in [-0.2, 0) is 4.74 Å². The van der Waals surface area contributed by atoms with Gasteiger partial charge in [-0.2, -0.15) is 0 Å². The Bertz CT molecular complexity index is 296. The van der Waals surface area contributed by atoms with E-state index in [4.69, 9.17) is 16.3 Å². The molecule has 98 valence electrons. The SMILES string of the molecule is CC.CC(C)c1ccccc1O.ClCC1CO1. The van der Waals surface area contributed by atoms with Crippen molar-refractivity contribution in [2.45, 2.75) is 39.7 Å². The fraction of sp³-hybridized carbons (Fsp3) is 0.571. The number of para-hydroxylation sites is 1. The lowest BCUT2D eigenvalue weighted by Gasteiger charge is -2.05. The molecule has 17 heavy (non-hydrogen) atoms. The third-order valence-electron chi connectivity index (χ3n) is 2.13. The van der Waals surface area contributed by atoms with Crippen LogP contribution in [0.25, 0.3) is 0 Å². The van der Waals surface area contributed by atoms with Gasteiger partial charge in [-0.3, -0.25) is 0 Å². The normalized spacial score (nSPS) is 16.5. The van der Waals surface area contributed by atoms with Crippen LogP contribution in [0, 0.1) is 0 Å². The molecule has 2 nitrogen and oxygen atoms in total. The van der Waals surface area contributed by atoms with Crippen molar-refractivity contribution in [2.24, 2.45) is 0 Å². The summed E-state index contributed by atoms with van der Waals surface area (Å²) in [4.78, 5) is 0. The largest absolute Gasteiger partial charge is 0.508 e. The Balaban J connectivity index is 0.000000306. The predicted molar refractivity (Wildman–Crippen MR) is 74.0 cm³/mol. The zero-order valence-electron chi connectivity index (χ0n) is 11.1. The fourth-order valence-corrected chi connectivity index (χ4v) is 1.31. The first-order valence-electron chi connectivity index (χ1n) is 6.10. The Morgan fingerprint density at radius 2 is 1.88 bits per heavy atom. The minimum atomic E-state index is 0.400. The van der Waals surface area contributed by atoms with Crippen LogP contribution in [0.5, 0.6) is 5.75 Å². The molecule has 1 fully saturated rings. The molecule has 1 saturated heterocycles. The summed E-state index contributed by atoms with van der Waals surface area (Å²) < 4.78 is 4.73. The Morgan fingerprint density at radius 1 is 1.35 bits per heavy atom. The number of hydrogen-bond acceptors (Lipinski definition) is 2. The van der Waals surface area contributed by atoms with Crippen LogP contribution in [0.3, 0.4) is 0 Å². The van der Waals surface area contributed by atoms with Crippen LogP contribution >= 0.6 is 11.6 Å². The fourth-order valence-electron chi connectivity index (χ4n) is 1.13. The van der Waals surface area contributed by atoms with Gasteiger partial charge in [-0.1, -0.05) is 45.9 Å².